The fourth-order valence-corrected chi connectivity index (χ4v) is 1.64. The maximum absolute atomic E-state index is 10.8. The standard InChI is InChI=1S/C10H9NO6.C5H9NO3.C2HF3OS/c1-17-9-5-7(11(15)16)6(4-8(9)12)2-3-10(13)14;1-2-4(5(8)9)6-3-7;3-2(4,5)1(6)7/h2-5,12H,1H3,(H,13,14);3-4H,2H2,1H3,(H,6,7)(H,8,9);(H,6,7). The first-order chi connectivity index (χ1) is 15.1. The molecule has 1 atom stereocenters. The van der Waals surface area contributed by atoms with E-state index in [-0.39, 0.29) is 22.7 Å². The summed E-state index contributed by atoms with van der Waals surface area (Å²) in [5.74, 6) is -2.59. The van der Waals surface area contributed by atoms with Gasteiger partial charge in [0.2, 0.25) is 6.41 Å². The number of thiol groups is 1. The molecule has 16 heteroatoms. The predicted octanol–water partition coefficient (Wildman–Crippen LogP) is 2.01. The molecule has 1 rings (SSSR count). The molecule has 0 radical (unpaired) electrons. The highest BCUT2D eigenvalue weighted by Crippen LogP contribution is 2.34. The monoisotopic (exact) mass is 500 g/mol. The largest absolute Gasteiger partial charge is 0.504 e. The zero-order valence-electron chi connectivity index (χ0n) is 16.9. The zero-order chi connectivity index (χ0) is 26.4. The van der Waals surface area contributed by atoms with Crippen LogP contribution in [0.5, 0.6) is 11.5 Å². The third kappa shape index (κ3) is 13.2. The molecule has 0 aliphatic rings. The van der Waals surface area contributed by atoms with E-state index in [4.69, 9.17) is 14.9 Å². The number of ether oxygens (including phenoxy) is 1. The van der Waals surface area contributed by atoms with Crippen LogP contribution in [0.25, 0.3) is 6.08 Å². The van der Waals surface area contributed by atoms with Crippen LogP contribution in [0.3, 0.4) is 0 Å². The summed E-state index contributed by atoms with van der Waals surface area (Å²) < 4.78 is 37.0. The Morgan fingerprint density at radius 1 is 1.30 bits per heavy atom. The average Bonchev–Trinajstić information content (AvgIpc) is 2.70. The van der Waals surface area contributed by atoms with Gasteiger partial charge in [-0.05, 0) is 18.6 Å². The zero-order valence-corrected chi connectivity index (χ0v) is 17.8. The third-order valence-electron chi connectivity index (χ3n) is 3.15. The van der Waals surface area contributed by atoms with Gasteiger partial charge in [0.05, 0.1) is 23.7 Å². The molecule has 12 nitrogen and oxygen atoms in total. The van der Waals surface area contributed by atoms with Crippen molar-refractivity contribution in [1.82, 2.24) is 5.32 Å². The van der Waals surface area contributed by atoms with Crippen LogP contribution in [-0.4, -0.2) is 63.0 Å². The van der Waals surface area contributed by atoms with Gasteiger partial charge in [-0.1, -0.05) is 19.6 Å². The molecule has 0 bridgehead atoms. The van der Waals surface area contributed by atoms with Gasteiger partial charge in [-0.3, -0.25) is 19.7 Å². The highest BCUT2D eigenvalue weighted by Gasteiger charge is 2.35. The molecule has 0 heterocycles. The number of rotatable bonds is 8. The van der Waals surface area contributed by atoms with E-state index in [1.165, 1.54) is 7.11 Å². The summed E-state index contributed by atoms with van der Waals surface area (Å²) in [6.07, 6.45) is -2.20. The van der Waals surface area contributed by atoms with Gasteiger partial charge >= 0.3 is 18.1 Å². The van der Waals surface area contributed by atoms with Crippen LogP contribution in [0.2, 0.25) is 0 Å². The van der Waals surface area contributed by atoms with Crippen molar-refractivity contribution in [2.24, 2.45) is 0 Å². The van der Waals surface area contributed by atoms with E-state index < -0.39 is 34.2 Å². The average molecular weight is 500 g/mol. The Labute approximate surface area is 189 Å². The number of carbonyl (C=O) groups excluding carboxylic acids is 2. The summed E-state index contributed by atoms with van der Waals surface area (Å²) in [7, 11) is 1.26. The number of nitrogens with one attached hydrogen (secondary N) is 1. The van der Waals surface area contributed by atoms with Crippen molar-refractivity contribution >= 4 is 47.9 Å². The molecular formula is C17H19F3N2O10S. The number of benzene rings is 1. The van der Waals surface area contributed by atoms with E-state index >= 15 is 0 Å². The number of carbonyl (C=O) groups is 4. The normalized spacial score (nSPS) is 11.1. The second-order valence-corrected chi connectivity index (χ2v) is 5.80. The number of phenolic OH excluding ortho intramolecular Hbond substituents is 1. The van der Waals surface area contributed by atoms with Gasteiger partial charge in [-0.2, -0.15) is 13.2 Å². The van der Waals surface area contributed by atoms with E-state index in [0.717, 1.165) is 24.3 Å². The second kappa shape index (κ2) is 15.1. The molecule has 0 fully saturated rings. The summed E-state index contributed by atoms with van der Waals surface area (Å²) >= 11 is 2.51. The van der Waals surface area contributed by atoms with Crippen molar-refractivity contribution in [3.63, 3.8) is 0 Å². The second-order valence-electron chi connectivity index (χ2n) is 5.40. The number of amides is 1. The molecule has 0 aliphatic carbocycles. The molecule has 1 amide bonds. The molecule has 4 N–H and O–H groups in total. The number of alkyl halides is 3. The van der Waals surface area contributed by atoms with Crippen molar-refractivity contribution in [3.05, 3.63) is 33.9 Å². The van der Waals surface area contributed by atoms with Gasteiger partial charge in [-0.25, -0.2) is 9.59 Å². The Morgan fingerprint density at radius 2 is 1.82 bits per heavy atom. The number of halogens is 3. The highest BCUT2D eigenvalue weighted by molar-refractivity contribution is 7.96. The number of carboxylic acid groups (broad SMARTS) is 2. The van der Waals surface area contributed by atoms with Crippen molar-refractivity contribution in [1.29, 1.82) is 0 Å². The lowest BCUT2D eigenvalue weighted by atomic mass is 10.1. The van der Waals surface area contributed by atoms with E-state index in [2.05, 4.69) is 17.9 Å². The number of aliphatic carboxylic acids is 2. The molecule has 184 valence electrons. The Bertz CT molecular complexity index is 891. The van der Waals surface area contributed by atoms with Gasteiger partial charge in [0.1, 0.15) is 6.04 Å². The summed E-state index contributed by atoms with van der Waals surface area (Å²) in [6.45, 7) is 1.69. The van der Waals surface area contributed by atoms with Crippen molar-refractivity contribution in [2.75, 3.05) is 7.11 Å². The van der Waals surface area contributed by atoms with Crippen molar-refractivity contribution in [3.8, 4) is 11.5 Å². The van der Waals surface area contributed by atoms with Crippen LogP contribution in [-0.2, 0) is 19.2 Å². The molecule has 0 aliphatic heterocycles. The predicted molar refractivity (Wildman–Crippen MR) is 109 cm³/mol. The summed E-state index contributed by atoms with van der Waals surface area (Å²) in [4.78, 5) is 49.4. The Balaban J connectivity index is 0. The van der Waals surface area contributed by atoms with Crippen molar-refractivity contribution < 1.29 is 57.3 Å². The highest BCUT2D eigenvalue weighted by atomic mass is 32.1. The minimum absolute atomic E-state index is 0.0179. The Kier molecular flexibility index (Phi) is 14.3. The number of methoxy groups -OCH3 is 1. The van der Waals surface area contributed by atoms with Crippen LogP contribution >= 0.6 is 12.6 Å². The molecule has 1 aromatic carbocycles. The lowest BCUT2D eigenvalue weighted by molar-refractivity contribution is -0.385. The minimum Gasteiger partial charge on any atom is -0.504 e. The molecule has 0 saturated heterocycles. The smallest absolute Gasteiger partial charge is 0.460 e. The summed E-state index contributed by atoms with van der Waals surface area (Å²) in [6, 6.07) is 1.36. The first-order valence-corrected chi connectivity index (χ1v) is 8.75. The lowest BCUT2D eigenvalue weighted by Crippen LogP contribution is -2.34. The summed E-state index contributed by atoms with van der Waals surface area (Å²) in [5, 5.41) is 37.0. The van der Waals surface area contributed by atoms with Crippen LogP contribution < -0.4 is 10.1 Å². The molecule has 0 aromatic heterocycles. The molecule has 0 spiro atoms. The molecule has 1 aromatic rings. The first-order valence-electron chi connectivity index (χ1n) is 8.31. The number of phenols is 1. The molecule has 33 heavy (non-hydrogen) atoms. The van der Waals surface area contributed by atoms with Gasteiger partial charge in [-0.15, -0.1) is 0 Å². The van der Waals surface area contributed by atoms with Crippen molar-refractivity contribution in [2.45, 2.75) is 25.6 Å². The fraction of sp³-hybridized carbons (Fsp3) is 0.294. The Morgan fingerprint density at radius 3 is 2.09 bits per heavy atom. The van der Waals surface area contributed by atoms with Gasteiger partial charge in [0.15, 0.2) is 11.5 Å². The van der Waals surface area contributed by atoms with Gasteiger partial charge in [0.25, 0.3) is 10.8 Å². The van der Waals surface area contributed by atoms with E-state index in [1.54, 1.807) is 6.92 Å². The number of nitro groups is 1. The maximum atomic E-state index is 10.8. The van der Waals surface area contributed by atoms with Crippen LogP contribution in [0.1, 0.15) is 18.9 Å². The van der Waals surface area contributed by atoms with Crippen LogP contribution in [0, 0.1) is 10.1 Å². The topological polar surface area (TPSA) is 193 Å². The first kappa shape index (κ1) is 31.4. The van der Waals surface area contributed by atoms with Gasteiger partial charge < -0.3 is 25.4 Å². The van der Waals surface area contributed by atoms with Crippen LogP contribution in [0.4, 0.5) is 18.9 Å². The molecule has 1 unspecified atom stereocenters. The SMILES string of the molecule is CCC(NC=O)C(=O)O.COc1cc([N+](=O)[O-])c(C=CC(=O)O)cc1O.O=C(S)C(F)(F)F. The third-order valence-corrected chi connectivity index (χ3v) is 3.40. The lowest BCUT2D eigenvalue weighted by Gasteiger charge is -2.05. The van der Waals surface area contributed by atoms with E-state index in [0.29, 0.717) is 12.8 Å². The summed E-state index contributed by atoms with van der Waals surface area (Å²) in [5.41, 5.74) is -0.368. The number of nitrogens with zero attached hydrogens (tertiary/aromatic N) is 1. The number of hydrogen-bond donors (Lipinski definition) is 5. The number of carboxylic acids is 2. The number of aromatic hydroxyl groups is 1. The number of nitro benzene ring substituents is 1. The maximum Gasteiger partial charge on any atom is 0.460 e. The quantitative estimate of drug-likeness (QED) is 0.116. The fourth-order valence-electron chi connectivity index (χ4n) is 1.64. The van der Waals surface area contributed by atoms with E-state index in [9.17, 15) is 47.6 Å². The van der Waals surface area contributed by atoms with E-state index in [1.807, 2.05) is 0 Å². The molecule has 0 saturated carbocycles. The van der Waals surface area contributed by atoms with Crippen LogP contribution in [0.15, 0.2) is 18.2 Å². The molecular weight excluding hydrogens is 481 g/mol. The minimum atomic E-state index is -4.77. The number of hydrogen-bond acceptors (Lipinski definition) is 8. The Hall–Kier alpha value is -3.82. The van der Waals surface area contributed by atoms with Gasteiger partial charge in [0, 0.05) is 6.08 Å².